The summed E-state index contributed by atoms with van der Waals surface area (Å²) in [4.78, 5) is 8.09. The van der Waals surface area contributed by atoms with Crippen LogP contribution < -0.4 is 10.5 Å². The van der Waals surface area contributed by atoms with Crippen LogP contribution in [0, 0.1) is 0 Å². The molecule has 2 heterocycles. The predicted molar refractivity (Wildman–Crippen MR) is 97.6 cm³/mol. The van der Waals surface area contributed by atoms with E-state index in [4.69, 9.17) is 10.5 Å². The smallest absolute Gasteiger partial charge is 0.416 e. The number of nitrogen functional groups attached to an aromatic ring is 1. The van der Waals surface area contributed by atoms with Crippen LogP contribution in [0.1, 0.15) is 40.2 Å². The van der Waals surface area contributed by atoms with Crippen molar-refractivity contribution in [2.75, 3.05) is 5.73 Å². The van der Waals surface area contributed by atoms with Crippen LogP contribution in [0.2, 0.25) is 0 Å². The molecule has 0 aliphatic heterocycles. The average Bonchev–Trinajstić information content (AvgIpc) is 2.96. The van der Waals surface area contributed by atoms with Crippen LogP contribution in [0.3, 0.4) is 0 Å². The molecule has 0 bridgehead atoms. The molecule has 1 aromatic carbocycles. The molecule has 0 amide bonds. The van der Waals surface area contributed by atoms with Gasteiger partial charge in [0, 0.05) is 0 Å². The Morgan fingerprint density at radius 3 is 2.33 bits per heavy atom. The quantitative estimate of drug-likeness (QED) is 0.676. The number of nitrogens with zero attached hydrogens (tertiary/aromatic N) is 4. The molecule has 0 spiro atoms. The molecule has 9 heteroatoms. The van der Waals surface area contributed by atoms with Gasteiger partial charge >= 0.3 is 6.18 Å². The normalized spacial score (nSPS) is 11.9. The third-order valence-electron chi connectivity index (χ3n) is 3.47. The standard InChI is InChI=1S/C16H16F3N5O.C2H6/c1-15(2,3)24-13-11(12(20)21-8-22-13)14(23-24)25-10-6-4-5-9(7-10)16(17,18)19;1-2/h4-8H,1-3H3,(H2,20,21,22);1-2H3. The van der Waals surface area contributed by atoms with E-state index < -0.39 is 17.3 Å². The Morgan fingerprint density at radius 1 is 1.07 bits per heavy atom. The van der Waals surface area contributed by atoms with E-state index in [0.29, 0.717) is 11.0 Å². The van der Waals surface area contributed by atoms with Crippen molar-refractivity contribution in [3.63, 3.8) is 0 Å². The van der Waals surface area contributed by atoms with Crippen LogP contribution in [0.5, 0.6) is 11.6 Å². The average molecular weight is 381 g/mol. The summed E-state index contributed by atoms with van der Waals surface area (Å²) in [5.74, 6) is 0.198. The fourth-order valence-corrected chi connectivity index (χ4v) is 2.33. The molecule has 6 nitrogen and oxygen atoms in total. The molecule has 0 saturated carbocycles. The lowest BCUT2D eigenvalue weighted by Gasteiger charge is -2.19. The minimum absolute atomic E-state index is 0.00135. The number of nitrogens with two attached hydrogens (primary N) is 1. The number of hydrogen-bond donors (Lipinski definition) is 1. The molecule has 0 fully saturated rings. The van der Waals surface area contributed by atoms with E-state index in [2.05, 4.69) is 15.1 Å². The van der Waals surface area contributed by atoms with Crippen LogP contribution in [0.25, 0.3) is 11.0 Å². The first-order chi connectivity index (χ1) is 12.6. The predicted octanol–water partition coefficient (Wildman–Crippen LogP) is 5.00. The fourth-order valence-electron chi connectivity index (χ4n) is 2.33. The highest BCUT2D eigenvalue weighted by atomic mass is 19.4. The minimum atomic E-state index is -4.46. The van der Waals surface area contributed by atoms with Gasteiger partial charge in [0.25, 0.3) is 5.88 Å². The lowest BCUT2D eigenvalue weighted by Crippen LogP contribution is -2.23. The number of anilines is 1. The molecule has 3 aromatic rings. The van der Waals surface area contributed by atoms with Crippen LogP contribution in [-0.4, -0.2) is 19.7 Å². The van der Waals surface area contributed by atoms with Crippen LogP contribution in [0.15, 0.2) is 30.6 Å². The topological polar surface area (TPSA) is 78.9 Å². The van der Waals surface area contributed by atoms with Crippen molar-refractivity contribution in [1.82, 2.24) is 19.7 Å². The van der Waals surface area contributed by atoms with E-state index in [1.807, 2.05) is 34.6 Å². The molecule has 0 unspecified atom stereocenters. The highest BCUT2D eigenvalue weighted by Gasteiger charge is 2.31. The summed E-state index contributed by atoms with van der Waals surface area (Å²) in [6.07, 6.45) is -3.16. The first-order valence-corrected chi connectivity index (χ1v) is 8.42. The van der Waals surface area contributed by atoms with Crippen molar-refractivity contribution < 1.29 is 17.9 Å². The van der Waals surface area contributed by atoms with Gasteiger partial charge in [-0.3, -0.25) is 0 Å². The largest absolute Gasteiger partial charge is 0.437 e. The Bertz CT molecular complexity index is 929. The van der Waals surface area contributed by atoms with E-state index in [1.165, 1.54) is 18.5 Å². The zero-order valence-corrected chi connectivity index (χ0v) is 15.8. The number of alkyl halides is 3. The van der Waals surface area contributed by atoms with Gasteiger partial charge in [-0.1, -0.05) is 19.9 Å². The number of rotatable bonds is 2. The van der Waals surface area contributed by atoms with E-state index in [0.717, 1.165) is 12.1 Å². The first kappa shape index (κ1) is 20.5. The van der Waals surface area contributed by atoms with Crippen molar-refractivity contribution in [2.24, 2.45) is 0 Å². The van der Waals surface area contributed by atoms with E-state index >= 15 is 0 Å². The lowest BCUT2D eigenvalue weighted by molar-refractivity contribution is -0.137. The molecule has 0 saturated heterocycles. The molecule has 0 aliphatic rings. The van der Waals surface area contributed by atoms with Gasteiger partial charge in [-0.2, -0.15) is 13.2 Å². The molecule has 27 heavy (non-hydrogen) atoms. The summed E-state index contributed by atoms with van der Waals surface area (Å²) in [6.45, 7) is 9.73. The van der Waals surface area contributed by atoms with Crippen molar-refractivity contribution in [3.05, 3.63) is 36.2 Å². The maximum atomic E-state index is 12.9. The zero-order valence-electron chi connectivity index (χ0n) is 15.8. The summed E-state index contributed by atoms with van der Waals surface area (Å²) in [6, 6.07) is 4.55. The maximum absolute atomic E-state index is 12.9. The molecule has 146 valence electrons. The zero-order chi connectivity index (χ0) is 20.4. The minimum Gasteiger partial charge on any atom is -0.437 e. The number of aromatic nitrogens is 4. The van der Waals surface area contributed by atoms with E-state index in [-0.39, 0.29) is 17.4 Å². The Balaban J connectivity index is 0.00000126. The highest BCUT2D eigenvalue weighted by Crippen LogP contribution is 2.36. The van der Waals surface area contributed by atoms with Crippen LogP contribution in [-0.2, 0) is 11.7 Å². The van der Waals surface area contributed by atoms with Gasteiger partial charge < -0.3 is 10.5 Å². The summed E-state index contributed by atoms with van der Waals surface area (Å²) in [7, 11) is 0. The van der Waals surface area contributed by atoms with Gasteiger partial charge in [-0.05, 0) is 39.0 Å². The second-order valence-electron chi connectivity index (χ2n) is 6.47. The highest BCUT2D eigenvalue weighted by molar-refractivity contribution is 5.91. The Morgan fingerprint density at radius 2 is 1.74 bits per heavy atom. The first-order valence-electron chi connectivity index (χ1n) is 8.42. The van der Waals surface area contributed by atoms with Gasteiger partial charge in [-0.25, -0.2) is 14.6 Å². The number of fused-ring (bicyclic) bond motifs is 1. The SMILES string of the molecule is CC.CC(C)(C)n1nc(Oc2cccc(C(F)(F)F)c2)c2c(N)ncnc21. The summed E-state index contributed by atoms with van der Waals surface area (Å²) < 4.78 is 45.8. The van der Waals surface area contributed by atoms with Gasteiger partial charge in [0.05, 0.1) is 11.1 Å². The summed E-state index contributed by atoms with van der Waals surface area (Å²) in [5, 5.41) is 4.70. The van der Waals surface area contributed by atoms with Crippen LogP contribution >= 0.6 is 0 Å². The molecule has 0 radical (unpaired) electrons. The van der Waals surface area contributed by atoms with Crippen molar-refractivity contribution in [2.45, 2.75) is 46.3 Å². The van der Waals surface area contributed by atoms with Crippen LogP contribution in [0.4, 0.5) is 19.0 Å². The lowest BCUT2D eigenvalue weighted by atomic mass is 10.1. The van der Waals surface area contributed by atoms with Gasteiger partial charge in [0.15, 0.2) is 5.65 Å². The Kier molecular flexibility index (Phi) is 5.62. The van der Waals surface area contributed by atoms with E-state index in [1.54, 1.807) is 4.68 Å². The second kappa shape index (κ2) is 7.42. The second-order valence-corrected chi connectivity index (χ2v) is 6.47. The number of benzene rings is 1. The summed E-state index contributed by atoms with van der Waals surface area (Å²) in [5.41, 5.74) is 5.10. The fraction of sp³-hybridized carbons (Fsp3) is 0.389. The molecule has 2 aromatic heterocycles. The third-order valence-corrected chi connectivity index (χ3v) is 3.47. The van der Waals surface area contributed by atoms with Gasteiger partial charge in [-0.15, -0.1) is 5.10 Å². The molecule has 3 rings (SSSR count). The maximum Gasteiger partial charge on any atom is 0.416 e. The molecule has 2 N–H and O–H groups in total. The van der Waals surface area contributed by atoms with Crippen molar-refractivity contribution in [3.8, 4) is 11.6 Å². The molecular formula is C18H22F3N5O. The summed E-state index contributed by atoms with van der Waals surface area (Å²) >= 11 is 0. The van der Waals surface area contributed by atoms with Gasteiger partial charge in [0.1, 0.15) is 23.3 Å². The Labute approximate surface area is 155 Å². The Hall–Kier alpha value is -2.84. The molecule has 0 atom stereocenters. The monoisotopic (exact) mass is 381 g/mol. The third kappa shape index (κ3) is 4.29. The molecule has 0 aliphatic carbocycles. The number of ether oxygens (including phenoxy) is 1. The van der Waals surface area contributed by atoms with Gasteiger partial charge in [0.2, 0.25) is 0 Å². The van der Waals surface area contributed by atoms with Crippen molar-refractivity contribution >= 4 is 16.9 Å². The number of hydrogen-bond acceptors (Lipinski definition) is 5. The van der Waals surface area contributed by atoms with E-state index in [9.17, 15) is 13.2 Å². The van der Waals surface area contributed by atoms with Crippen molar-refractivity contribution in [1.29, 1.82) is 0 Å². The molecular weight excluding hydrogens is 359 g/mol. The number of halogens is 3.